The number of hydrogen-bond donors (Lipinski definition) is 1. The summed E-state index contributed by atoms with van der Waals surface area (Å²) in [5.41, 5.74) is 3.60. The number of imidazole rings is 1. The zero-order valence-electron chi connectivity index (χ0n) is 16.8. The quantitative estimate of drug-likeness (QED) is 0.546. The minimum Gasteiger partial charge on any atom is -0.388 e. The zero-order valence-corrected chi connectivity index (χ0v) is 17.6. The van der Waals surface area contributed by atoms with Crippen molar-refractivity contribution in [2.45, 2.75) is 57.5 Å². The van der Waals surface area contributed by atoms with Crippen molar-refractivity contribution < 1.29 is 9.50 Å². The second-order valence-corrected chi connectivity index (χ2v) is 8.78. The average molecular weight is 413 g/mol. The van der Waals surface area contributed by atoms with Gasteiger partial charge in [-0.05, 0) is 60.2 Å². The zero-order chi connectivity index (χ0) is 20.6. The van der Waals surface area contributed by atoms with Crippen molar-refractivity contribution in [1.29, 1.82) is 0 Å². The van der Waals surface area contributed by atoms with Crippen LogP contribution in [-0.4, -0.2) is 14.7 Å². The molecular weight excluding hydrogens is 387 g/mol. The van der Waals surface area contributed by atoms with Gasteiger partial charge in [-0.25, -0.2) is 9.37 Å². The Labute approximate surface area is 176 Å². The molecule has 3 aromatic rings. The van der Waals surface area contributed by atoms with Gasteiger partial charge in [-0.1, -0.05) is 50.4 Å². The average Bonchev–Trinajstić information content (AvgIpc) is 3.38. The highest BCUT2D eigenvalue weighted by molar-refractivity contribution is 6.31. The number of halogens is 2. The molecule has 1 aromatic heterocycles. The second kappa shape index (κ2) is 7.92. The largest absolute Gasteiger partial charge is 0.388 e. The SMILES string of the molecule is CC(C)(c1ccc(C2CCCC2)c(Cl)c1)c1cnc(CO)n1-c1ccc(F)cc1. The molecule has 0 amide bonds. The summed E-state index contributed by atoms with van der Waals surface area (Å²) >= 11 is 6.71. The maximum Gasteiger partial charge on any atom is 0.139 e. The number of nitrogens with zero attached hydrogens (tertiary/aromatic N) is 2. The highest BCUT2D eigenvalue weighted by Gasteiger charge is 2.30. The van der Waals surface area contributed by atoms with Crippen molar-refractivity contribution in [2.24, 2.45) is 0 Å². The van der Waals surface area contributed by atoms with Crippen LogP contribution in [0.4, 0.5) is 4.39 Å². The molecule has 152 valence electrons. The van der Waals surface area contributed by atoms with E-state index in [9.17, 15) is 9.50 Å². The Morgan fingerprint density at radius 3 is 2.45 bits per heavy atom. The lowest BCUT2D eigenvalue weighted by atomic mass is 9.80. The molecule has 29 heavy (non-hydrogen) atoms. The minimum atomic E-state index is -0.410. The first-order valence-corrected chi connectivity index (χ1v) is 10.5. The van der Waals surface area contributed by atoms with Crippen molar-refractivity contribution in [1.82, 2.24) is 9.55 Å². The van der Waals surface area contributed by atoms with Gasteiger partial charge in [0.1, 0.15) is 18.2 Å². The van der Waals surface area contributed by atoms with E-state index in [1.165, 1.54) is 43.4 Å². The molecule has 0 spiro atoms. The third kappa shape index (κ3) is 3.72. The molecule has 3 nitrogen and oxygen atoms in total. The lowest BCUT2D eigenvalue weighted by Gasteiger charge is -2.28. The van der Waals surface area contributed by atoms with E-state index in [-0.39, 0.29) is 12.4 Å². The number of aromatic nitrogens is 2. The Hall–Kier alpha value is -2.17. The van der Waals surface area contributed by atoms with E-state index in [1.807, 2.05) is 4.57 Å². The fourth-order valence-electron chi connectivity index (χ4n) is 4.45. The van der Waals surface area contributed by atoms with E-state index < -0.39 is 5.41 Å². The number of hydrogen-bond acceptors (Lipinski definition) is 2. The van der Waals surface area contributed by atoms with Gasteiger partial charge in [0.25, 0.3) is 0 Å². The number of benzene rings is 2. The van der Waals surface area contributed by atoms with Crippen LogP contribution >= 0.6 is 11.6 Å². The van der Waals surface area contributed by atoms with Crippen LogP contribution in [0.15, 0.2) is 48.7 Å². The fraction of sp³-hybridized carbons (Fsp3) is 0.375. The van der Waals surface area contributed by atoms with Gasteiger partial charge in [-0.2, -0.15) is 0 Å². The molecular formula is C24H26ClFN2O. The van der Waals surface area contributed by atoms with Crippen molar-refractivity contribution in [3.63, 3.8) is 0 Å². The summed E-state index contributed by atoms with van der Waals surface area (Å²) in [4.78, 5) is 4.41. The Morgan fingerprint density at radius 1 is 1.14 bits per heavy atom. The lowest BCUT2D eigenvalue weighted by Crippen LogP contribution is -2.23. The van der Waals surface area contributed by atoms with Gasteiger partial charge >= 0.3 is 0 Å². The van der Waals surface area contributed by atoms with Crippen LogP contribution in [-0.2, 0) is 12.0 Å². The van der Waals surface area contributed by atoms with Crippen LogP contribution in [0.2, 0.25) is 5.02 Å². The molecule has 0 atom stereocenters. The molecule has 1 heterocycles. The maximum absolute atomic E-state index is 13.4. The second-order valence-electron chi connectivity index (χ2n) is 8.37. The van der Waals surface area contributed by atoms with Crippen LogP contribution in [0.5, 0.6) is 0 Å². The van der Waals surface area contributed by atoms with E-state index in [2.05, 4.69) is 37.0 Å². The molecule has 2 aromatic carbocycles. The van der Waals surface area contributed by atoms with Gasteiger partial charge < -0.3 is 5.11 Å². The lowest BCUT2D eigenvalue weighted by molar-refractivity contribution is 0.269. The van der Waals surface area contributed by atoms with Crippen molar-refractivity contribution in [2.75, 3.05) is 0 Å². The molecule has 4 rings (SSSR count). The van der Waals surface area contributed by atoms with E-state index in [1.54, 1.807) is 18.3 Å². The maximum atomic E-state index is 13.4. The summed E-state index contributed by atoms with van der Waals surface area (Å²) in [6.07, 6.45) is 6.75. The monoisotopic (exact) mass is 412 g/mol. The number of rotatable bonds is 5. The summed E-state index contributed by atoms with van der Waals surface area (Å²) in [7, 11) is 0. The third-order valence-corrected chi connectivity index (χ3v) is 6.55. The summed E-state index contributed by atoms with van der Waals surface area (Å²) in [5, 5.41) is 10.6. The van der Waals surface area contributed by atoms with Gasteiger partial charge in [0.2, 0.25) is 0 Å². The van der Waals surface area contributed by atoms with E-state index in [0.29, 0.717) is 11.7 Å². The Kier molecular flexibility index (Phi) is 5.50. The number of aliphatic hydroxyl groups excluding tert-OH is 1. The molecule has 0 saturated heterocycles. The third-order valence-electron chi connectivity index (χ3n) is 6.22. The first-order chi connectivity index (χ1) is 13.9. The van der Waals surface area contributed by atoms with Gasteiger partial charge in [0, 0.05) is 22.3 Å². The molecule has 1 fully saturated rings. The van der Waals surface area contributed by atoms with Gasteiger partial charge in [-0.15, -0.1) is 0 Å². The Bertz CT molecular complexity index is 1000. The Morgan fingerprint density at radius 2 is 1.83 bits per heavy atom. The van der Waals surface area contributed by atoms with Gasteiger partial charge in [-0.3, -0.25) is 4.57 Å². The van der Waals surface area contributed by atoms with Crippen molar-refractivity contribution in [3.8, 4) is 5.69 Å². The molecule has 1 aliphatic rings. The van der Waals surface area contributed by atoms with Crippen LogP contribution in [0.3, 0.4) is 0 Å². The highest BCUT2D eigenvalue weighted by Crippen LogP contribution is 2.41. The molecule has 0 unspecified atom stereocenters. The van der Waals surface area contributed by atoms with Gasteiger partial charge in [0.15, 0.2) is 0 Å². The smallest absolute Gasteiger partial charge is 0.139 e. The standard InChI is InChI=1S/C24H26ClFN2O/c1-24(2,17-7-12-20(21(25)13-17)16-5-3-4-6-16)22-14-27-23(15-29)28(22)19-10-8-18(26)9-11-19/h7-14,16,29H,3-6,15H2,1-2H3. The van der Waals surface area contributed by atoms with Crippen LogP contribution < -0.4 is 0 Å². The topological polar surface area (TPSA) is 38.1 Å². The minimum absolute atomic E-state index is 0.200. The predicted octanol–water partition coefficient (Wildman–Crippen LogP) is 6.14. The Balaban J connectivity index is 1.77. The molecule has 0 aliphatic heterocycles. The van der Waals surface area contributed by atoms with Crippen molar-refractivity contribution in [3.05, 3.63) is 82.1 Å². The summed E-state index contributed by atoms with van der Waals surface area (Å²) in [6, 6.07) is 12.6. The molecule has 1 N–H and O–H groups in total. The van der Waals surface area contributed by atoms with Crippen molar-refractivity contribution >= 4 is 11.6 Å². The molecule has 5 heteroatoms. The summed E-state index contributed by atoms with van der Waals surface area (Å²) in [5.74, 6) is 0.785. The van der Waals surface area contributed by atoms with E-state index in [0.717, 1.165) is 22.0 Å². The van der Waals surface area contributed by atoms with E-state index >= 15 is 0 Å². The normalized spacial score (nSPS) is 15.2. The molecule has 1 aliphatic carbocycles. The molecule has 0 bridgehead atoms. The van der Waals surface area contributed by atoms with Crippen LogP contribution in [0.25, 0.3) is 5.69 Å². The first-order valence-electron chi connectivity index (χ1n) is 10.2. The highest BCUT2D eigenvalue weighted by atomic mass is 35.5. The summed E-state index contributed by atoms with van der Waals surface area (Å²) in [6.45, 7) is 4.03. The molecule has 0 radical (unpaired) electrons. The van der Waals surface area contributed by atoms with Crippen LogP contribution in [0.1, 0.15) is 68.1 Å². The predicted molar refractivity (Wildman–Crippen MR) is 114 cm³/mol. The summed E-state index contributed by atoms with van der Waals surface area (Å²) < 4.78 is 15.3. The van der Waals surface area contributed by atoms with E-state index in [4.69, 9.17) is 11.6 Å². The first kappa shape index (κ1) is 20.1. The molecule has 1 saturated carbocycles. The van der Waals surface area contributed by atoms with Crippen LogP contribution in [0, 0.1) is 5.82 Å². The van der Waals surface area contributed by atoms with Gasteiger partial charge in [0.05, 0.1) is 5.69 Å². The number of aliphatic hydroxyl groups is 1. The fourth-order valence-corrected chi connectivity index (χ4v) is 4.79.